The van der Waals surface area contributed by atoms with E-state index >= 15 is 0 Å². The van der Waals surface area contributed by atoms with Gasteiger partial charge >= 0.3 is 0 Å². The van der Waals surface area contributed by atoms with Crippen LogP contribution in [-0.4, -0.2) is 68.6 Å². The fourth-order valence-corrected chi connectivity index (χ4v) is 4.37. The largest absolute Gasteiger partial charge is 0.484 e. The highest BCUT2D eigenvalue weighted by Gasteiger charge is 2.25. The van der Waals surface area contributed by atoms with Crippen molar-refractivity contribution < 1.29 is 9.53 Å². The van der Waals surface area contributed by atoms with Gasteiger partial charge in [-0.25, -0.2) is 9.97 Å². The molecule has 0 unspecified atom stereocenters. The summed E-state index contributed by atoms with van der Waals surface area (Å²) in [6, 6.07) is 23.7. The molecule has 6 rings (SSSR count). The molecule has 1 aliphatic rings. The number of benzene rings is 3. The van der Waals surface area contributed by atoms with Crippen LogP contribution in [0, 0.1) is 0 Å². The van der Waals surface area contributed by atoms with Gasteiger partial charge in [-0.3, -0.25) is 4.79 Å². The molecule has 3 heterocycles. The van der Waals surface area contributed by atoms with E-state index in [-0.39, 0.29) is 12.5 Å². The summed E-state index contributed by atoms with van der Waals surface area (Å²) < 4.78 is 7.51. The summed E-state index contributed by atoms with van der Waals surface area (Å²) in [4.78, 5) is 25.6. The summed E-state index contributed by atoms with van der Waals surface area (Å²) in [5.74, 6) is 1.40. The van der Waals surface area contributed by atoms with Crippen LogP contribution in [0.3, 0.4) is 0 Å². The van der Waals surface area contributed by atoms with Gasteiger partial charge in [-0.05, 0) is 35.0 Å². The summed E-state index contributed by atoms with van der Waals surface area (Å²) in [6.07, 6.45) is 1.54. The number of fused-ring (bicyclic) bond motifs is 2. The number of aromatic nitrogens is 5. The van der Waals surface area contributed by atoms with Crippen molar-refractivity contribution in [2.24, 2.45) is 0 Å². The number of hydrogen-bond donors (Lipinski definition) is 0. The number of amides is 1. The smallest absolute Gasteiger partial charge is 0.260 e. The van der Waals surface area contributed by atoms with Crippen LogP contribution in [0.25, 0.3) is 27.6 Å². The number of hydrogen-bond acceptors (Lipinski definition) is 7. The van der Waals surface area contributed by atoms with Crippen molar-refractivity contribution in [3.63, 3.8) is 0 Å². The molecule has 1 fully saturated rings. The molecule has 5 aromatic rings. The Morgan fingerprint density at radius 1 is 0.857 bits per heavy atom. The monoisotopic (exact) mass is 465 g/mol. The Morgan fingerprint density at radius 3 is 2.46 bits per heavy atom. The van der Waals surface area contributed by atoms with Gasteiger partial charge in [0.25, 0.3) is 5.91 Å². The van der Waals surface area contributed by atoms with Crippen LogP contribution in [-0.2, 0) is 4.79 Å². The Hall–Kier alpha value is -4.53. The fraction of sp³-hybridized carbons (Fsp3) is 0.192. The fourth-order valence-electron chi connectivity index (χ4n) is 4.37. The standard InChI is InChI=1S/C26H23N7O2/c34-23(17-35-22-11-10-19-6-4-5-7-20(19)16-22)31-12-14-32(15-13-31)25-24-26(28-18-27-25)33(30-29-24)21-8-2-1-3-9-21/h1-11,16,18H,12-15,17H2. The van der Waals surface area contributed by atoms with Crippen molar-refractivity contribution in [2.45, 2.75) is 0 Å². The van der Waals surface area contributed by atoms with Gasteiger partial charge in [0, 0.05) is 26.2 Å². The van der Waals surface area contributed by atoms with Crippen molar-refractivity contribution in [1.82, 2.24) is 29.9 Å². The summed E-state index contributed by atoms with van der Waals surface area (Å²) in [5.41, 5.74) is 2.20. The number of nitrogens with zero attached hydrogens (tertiary/aromatic N) is 7. The molecule has 1 aliphatic heterocycles. The first-order valence-electron chi connectivity index (χ1n) is 11.5. The van der Waals surface area contributed by atoms with Crippen LogP contribution < -0.4 is 9.64 Å². The molecule has 1 amide bonds. The van der Waals surface area contributed by atoms with Crippen LogP contribution in [0.5, 0.6) is 5.75 Å². The molecule has 0 spiro atoms. The molecule has 0 aliphatic carbocycles. The average Bonchev–Trinajstić information content (AvgIpc) is 3.37. The maximum absolute atomic E-state index is 12.8. The molecule has 0 radical (unpaired) electrons. The predicted molar refractivity (Wildman–Crippen MR) is 133 cm³/mol. The van der Waals surface area contributed by atoms with Gasteiger partial charge in [-0.15, -0.1) is 5.10 Å². The lowest BCUT2D eigenvalue weighted by Gasteiger charge is -2.35. The first-order chi connectivity index (χ1) is 17.3. The van der Waals surface area contributed by atoms with Gasteiger partial charge < -0.3 is 14.5 Å². The molecule has 0 saturated carbocycles. The van der Waals surface area contributed by atoms with E-state index < -0.39 is 0 Å². The SMILES string of the molecule is O=C(COc1ccc2ccccc2c1)N1CCN(c2ncnc3c2nnn3-c2ccccc2)CC1. The third-order valence-corrected chi connectivity index (χ3v) is 6.23. The minimum Gasteiger partial charge on any atom is -0.484 e. The molecule has 2 aromatic heterocycles. The molecule has 0 N–H and O–H groups in total. The second-order valence-corrected chi connectivity index (χ2v) is 8.37. The second-order valence-electron chi connectivity index (χ2n) is 8.37. The average molecular weight is 466 g/mol. The van der Waals surface area contributed by atoms with Gasteiger partial charge in [0.2, 0.25) is 0 Å². The van der Waals surface area contributed by atoms with Crippen LogP contribution in [0.4, 0.5) is 5.82 Å². The number of para-hydroxylation sites is 1. The van der Waals surface area contributed by atoms with Gasteiger partial charge in [0.15, 0.2) is 23.6 Å². The zero-order valence-electron chi connectivity index (χ0n) is 19.0. The highest BCUT2D eigenvalue weighted by molar-refractivity contribution is 5.85. The number of piperazine rings is 1. The first kappa shape index (κ1) is 21.0. The number of anilines is 1. The van der Waals surface area contributed by atoms with E-state index in [4.69, 9.17) is 4.74 Å². The molecule has 9 nitrogen and oxygen atoms in total. The van der Waals surface area contributed by atoms with E-state index in [0.717, 1.165) is 22.3 Å². The number of ether oxygens (including phenoxy) is 1. The molecular formula is C26H23N7O2. The first-order valence-corrected chi connectivity index (χ1v) is 11.5. The van der Waals surface area contributed by atoms with E-state index in [1.807, 2.05) is 71.6 Å². The van der Waals surface area contributed by atoms with Crippen molar-refractivity contribution in [2.75, 3.05) is 37.7 Å². The number of rotatable bonds is 5. The summed E-state index contributed by atoms with van der Waals surface area (Å²) in [6.45, 7) is 2.47. The Morgan fingerprint density at radius 2 is 1.63 bits per heavy atom. The molecular weight excluding hydrogens is 442 g/mol. The quantitative estimate of drug-likeness (QED) is 0.394. The van der Waals surface area contributed by atoms with Crippen LogP contribution in [0.15, 0.2) is 79.1 Å². The van der Waals surface area contributed by atoms with Crippen LogP contribution in [0.2, 0.25) is 0 Å². The summed E-state index contributed by atoms with van der Waals surface area (Å²) in [5, 5.41) is 10.9. The van der Waals surface area contributed by atoms with Crippen LogP contribution in [0.1, 0.15) is 0 Å². The lowest BCUT2D eigenvalue weighted by molar-refractivity contribution is -0.133. The molecule has 3 aromatic carbocycles. The molecule has 1 saturated heterocycles. The summed E-state index contributed by atoms with van der Waals surface area (Å²) in [7, 11) is 0. The minimum absolute atomic E-state index is 0.0154. The van der Waals surface area contributed by atoms with Gasteiger partial charge in [0.05, 0.1) is 5.69 Å². The summed E-state index contributed by atoms with van der Waals surface area (Å²) >= 11 is 0. The van der Waals surface area contributed by atoms with Crippen molar-refractivity contribution in [3.05, 3.63) is 79.1 Å². The lowest BCUT2D eigenvalue weighted by Crippen LogP contribution is -2.50. The molecule has 9 heteroatoms. The number of carbonyl (C=O) groups is 1. The maximum Gasteiger partial charge on any atom is 0.260 e. The van der Waals surface area contributed by atoms with Crippen molar-refractivity contribution in [1.29, 1.82) is 0 Å². The van der Waals surface area contributed by atoms with E-state index in [0.29, 0.717) is 43.1 Å². The zero-order chi connectivity index (χ0) is 23.6. The normalized spacial score (nSPS) is 13.9. The highest BCUT2D eigenvalue weighted by Crippen LogP contribution is 2.24. The molecule has 35 heavy (non-hydrogen) atoms. The van der Waals surface area contributed by atoms with E-state index in [9.17, 15) is 4.79 Å². The Kier molecular flexibility index (Phi) is 5.42. The Labute approximate surface area is 201 Å². The third-order valence-electron chi connectivity index (χ3n) is 6.23. The Balaban J connectivity index is 1.11. The molecule has 174 valence electrons. The predicted octanol–water partition coefficient (Wildman–Crippen LogP) is 3.09. The minimum atomic E-state index is -0.0272. The van der Waals surface area contributed by atoms with Gasteiger partial charge in [-0.1, -0.05) is 53.7 Å². The topological polar surface area (TPSA) is 89.3 Å². The van der Waals surface area contributed by atoms with E-state index in [2.05, 4.69) is 31.2 Å². The molecule has 0 bridgehead atoms. The van der Waals surface area contributed by atoms with Crippen LogP contribution >= 0.6 is 0 Å². The highest BCUT2D eigenvalue weighted by atomic mass is 16.5. The van der Waals surface area contributed by atoms with Crippen molar-refractivity contribution in [3.8, 4) is 11.4 Å². The zero-order valence-corrected chi connectivity index (χ0v) is 19.0. The van der Waals surface area contributed by atoms with Gasteiger partial charge in [0.1, 0.15) is 12.1 Å². The lowest BCUT2D eigenvalue weighted by atomic mass is 10.1. The van der Waals surface area contributed by atoms with E-state index in [1.54, 1.807) is 4.68 Å². The maximum atomic E-state index is 12.8. The van der Waals surface area contributed by atoms with E-state index in [1.165, 1.54) is 6.33 Å². The van der Waals surface area contributed by atoms with Gasteiger partial charge in [-0.2, -0.15) is 4.68 Å². The second kappa shape index (κ2) is 9.02. The number of carbonyl (C=O) groups excluding carboxylic acids is 1. The van der Waals surface area contributed by atoms with Crippen molar-refractivity contribution >= 4 is 33.7 Å². The Bertz CT molecular complexity index is 1490. The third kappa shape index (κ3) is 4.12. The molecule has 0 atom stereocenters.